The molecule has 0 saturated heterocycles. The third-order valence-electron chi connectivity index (χ3n) is 3.18. The van der Waals surface area contributed by atoms with Crippen molar-refractivity contribution < 1.29 is 5.11 Å². The van der Waals surface area contributed by atoms with Gasteiger partial charge in [-0.3, -0.25) is 4.99 Å². The van der Waals surface area contributed by atoms with Crippen molar-refractivity contribution in [3.8, 4) is 5.75 Å². The van der Waals surface area contributed by atoms with Gasteiger partial charge in [-0.2, -0.15) is 11.8 Å². The van der Waals surface area contributed by atoms with Gasteiger partial charge in [-0.05, 0) is 36.6 Å². The summed E-state index contributed by atoms with van der Waals surface area (Å²) in [5.74, 6) is 1.85. The summed E-state index contributed by atoms with van der Waals surface area (Å²) in [7, 11) is 0. The molecule has 0 radical (unpaired) electrons. The molecule has 0 aromatic heterocycles. The normalized spacial score (nSPS) is 11.6. The van der Waals surface area contributed by atoms with Gasteiger partial charge in [-0.25, -0.2) is 0 Å². The second-order valence-electron chi connectivity index (χ2n) is 4.33. The van der Waals surface area contributed by atoms with Gasteiger partial charge in [0.05, 0.1) is 0 Å². The molecule has 1 aromatic carbocycles. The minimum absolute atomic E-state index is 0.402. The molecule has 0 saturated carbocycles. The average molecular weight is 265 g/mol. The number of phenols is 1. The van der Waals surface area contributed by atoms with Crippen LogP contribution in [0.1, 0.15) is 43.7 Å². The fourth-order valence-corrected chi connectivity index (χ4v) is 2.34. The van der Waals surface area contributed by atoms with Crippen LogP contribution in [0.15, 0.2) is 23.2 Å². The van der Waals surface area contributed by atoms with Crippen molar-refractivity contribution in [2.24, 2.45) is 4.99 Å². The van der Waals surface area contributed by atoms with Crippen LogP contribution in [0.5, 0.6) is 5.75 Å². The van der Waals surface area contributed by atoms with Crippen molar-refractivity contribution in [3.63, 3.8) is 0 Å². The minimum atomic E-state index is 0.402. The second-order valence-corrected chi connectivity index (χ2v) is 5.31. The topological polar surface area (TPSA) is 32.6 Å². The van der Waals surface area contributed by atoms with Gasteiger partial charge in [0, 0.05) is 24.1 Å². The third-order valence-corrected chi connectivity index (χ3v) is 3.77. The summed E-state index contributed by atoms with van der Waals surface area (Å²) in [6, 6.07) is 5.94. The van der Waals surface area contributed by atoms with Gasteiger partial charge in [-0.15, -0.1) is 0 Å². The fourth-order valence-electron chi connectivity index (χ4n) is 2.05. The molecule has 0 heterocycles. The van der Waals surface area contributed by atoms with Crippen LogP contribution >= 0.6 is 11.8 Å². The van der Waals surface area contributed by atoms with Gasteiger partial charge in [0.15, 0.2) is 0 Å². The van der Waals surface area contributed by atoms with E-state index in [0.717, 1.165) is 36.3 Å². The highest BCUT2D eigenvalue weighted by Crippen LogP contribution is 2.32. The van der Waals surface area contributed by atoms with Crippen molar-refractivity contribution in [2.75, 3.05) is 18.6 Å². The minimum Gasteiger partial charge on any atom is -0.507 e. The lowest BCUT2D eigenvalue weighted by atomic mass is 9.92. The molecule has 0 atom stereocenters. The first-order chi connectivity index (χ1) is 8.74. The average Bonchev–Trinajstić information content (AvgIpc) is 2.39. The predicted molar refractivity (Wildman–Crippen MR) is 82.3 cm³/mol. The number of rotatable bonds is 7. The highest BCUT2D eigenvalue weighted by Gasteiger charge is 2.13. The Morgan fingerprint density at radius 3 is 2.67 bits per heavy atom. The van der Waals surface area contributed by atoms with Crippen molar-refractivity contribution in [1.82, 2.24) is 0 Å². The Morgan fingerprint density at radius 1 is 1.33 bits per heavy atom. The Morgan fingerprint density at radius 2 is 2.06 bits per heavy atom. The van der Waals surface area contributed by atoms with Crippen LogP contribution in [0.25, 0.3) is 0 Å². The smallest absolute Gasteiger partial charge is 0.127 e. The van der Waals surface area contributed by atoms with Crippen LogP contribution in [0.3, 0.4) is 0 Å². The van der Waals surface area contributed by atoms with Crippen LogP contribution in [-0.4, -0.2) is 29.9 Å². The first-order valence-electron chi connectivity index (χ1n) is 6.55. The molecule has 2 nitrogen and oxygen atoms in total. The van der Waals surface area contributed by atoms with Crippen molar-refractivity contribution in [2.45, 2.75) is 32.6 Å². The molecular formula is C15H23NOS. The van der Waals surface area contributed by atoms with Crippen molar-refractivity contribution in [3.05, 3.63) is 29.3 Å². The molecule has 100 valence electrons. The number of hydrogen-bond acceptors (Lipinski definition) is 3. The number of phenolic OH excluding ortho intramolecular Hbond substituents is 1. The fraction of sp³-hybridized carbons (Fsp3) is 0.533. The highest BCUT2D eigenvalue weighted by atomic mass is 32.2. The number of benzene rings is 1. The maximum Gasteiger partial charge on any atom is 0.127 e. The Bertz CT molecular complexity index is 386. The van der Waals surface area contributed by atoms with Gasteiger partial charge >= 0.3 is 0 Å². The van der Waals surface area contributed by atoms with Crippen molar-refractivity contribution in [1.29, 1.82) is 0 Å². The lowest BCUT2D eigenvalue weighted by molar-refractivity contribution is 0.456. The number of para-hydroxylation sites is 1. The molecule has 0 bridgehead atoms. The molecule has 3 heteroatoms. The molecule has 0 aliphatic rings. The SMILES string of the molecule is CCC(CC)c1cccc(C=NCCSC)c1O. The Labute approximate surface area is 115 Å². The zero-order valence-electron chi connectivity index (χ0n) is 11.5. The molecule has 0 aliphatic carbocycles. The summed E-state index contributed by atoms with van der Waals surface area (Å²) < 4.78 is 0. The Hall–Kier alpha value is -0.960. The summed E-state index contributed by atoms with van der Waals surface area (Å²) in [5.41, 5.74) is 1.88. The van der Waals surface area contributed by atoms with Crippen LogP contribution in [0, 0.1) is 0 Å². The first kappa shape index (κ1) is 15.1. The first-order valence-corrected chi connectivity index (χ1v) is 7.94. The van der Waals surface area contributed by atoms with E-state index in [2.05, 4.69) is 25.1 Å². The maximum atomic E-state index is 10.3. The van der Waals surface area contributed by atoms with E-state index in [9.17, 15) is 5.11 Å². The zero-order chi connectivity index (χ0) is 13.4. The van der Waals surface area contributed by atoms with E-state index >= 15 is 0 Å². The maximum absolute atomic E-state index is 10.3. The second kappa shape index (κ2) is 8.20. The van der Waals surface area contributed by atoms with Crippen LogP contribution in [-0.2, 0) is 0 Å². The predicted octanol–water partition coefficient (Wildman–Crippen LogP) is 4.08. The number of hydrogen-bond donors (Lipinski definition) is 1. The van der Waals surface area contributed by atoms with E-state index in [1.165, 1.54) is 0 Å². The summed E-state index contributed by atoms with van der Waals surface area (Å²) in [4.78, 5) is 4.34. The third kappa shape index (κ3) is 4.05. The molecule has 1 rings (SSSR count). The monoisotopic (exact) mass is 265 g/mol. The number of aromatic hydroxyl groups is 1. The number of aliphatic imine (C=N–C) groups is 1. The van der Waals surface area contributed by atoms with Gasteiger partial charge in [0.2, 0.25) is 0 Å². The van der Waals surface area contributed by atoms with E-state index in [1.54, 1.807) is 18.0 Å². The summed E-state index contributed by atoms with van der Waals surface area (Å²) in [6.45, 7) is 5.12. The van der Waals surface area contributed by atoms with E-state index in [-0.39, 0.29) is 0 Å². The molecule has 0 fully saturated rings. The van der Waals surface area contributed by atoms with E-state index in [0.29, 0.717) is 11.7 Å². The lowest BCUT2D eigenvalue weighted by Crippen LogP contribution is -1.98. The largest absolute Gasteiger partial charge is 0.507 e. The summed E-state index contributed by atoms with van der Waals surface area (Å²) in [6.07, 6.45) is 5.96. The molecule has 0 amide bonds. The molecule has 18 heavy (non-hydrogen) atoms. The lowest BCUT2D eigenvalue weighted by Gasteiger charge is -2.15. The van der Waals surface area contributed by atoms with Gasteiger partial charge in [0.1, 0.15) is 5.75 Å². The molecule has 0 aliphatic heterocycles. The summed E-state index contributed by atoms with van der Waals surface area (Å²) >= 11 is 1.78. The van der Waals surface area contributed by atoms with Crippen molar-refractivity contribution >= 4 is 18.0 Å². The Balaban J connectivity index is 2.87. The van der Waals surface area contributed by atoms with Crippen LogP contribution < -0.4 is 0 Å². The highest BCUT2D eigenvalue weighted by molar-refractivity contribution is 7.98. The molecule has 0 spiro atoms. The van der Waals surface area contributed by atoms with Gasteiger partial charge in [0.25, 0.3) is 0 Å². The van der Waals surface area contributed by atoms with E-state index < -0.39 is 0 Å². The van der Waals surface area contributed by atoms with Gasteiger partial charge in [-0.1, -0.05) is 26.0 Å². The zero-order valence-corrected chi connectivity index (χ0v) is 12.3. The van der Waals surface area contributed by atoms with Gasteiger partial charge < -0.3 is 5.11 Å². The standard InChI is InChI=1S/C15H23NOS/c1-4-12(5-2)14-8-6-7-13(15(14)17)11-16-9-10-18-3/h6-8,11-12,17H,4-5,9-10H2,1-3H3. The van der Waals surface area contributed by atoms with Crippen LogP contribution in [0.2, 0.25) is 0 Å². The number of thioether (sulfide) groups is 1. The Kier molecular flexibility index (Phi) is 6.88. The summed E-state index contributed by atoms with van der Waals surface area (Å²) in [5, 5.41) is 10.3. The quantitative estimate of drug-likeness (QED) is 0.595. The molecule has 0 unspecified atom stereocenters. The van der Waals surface area contributed by atoms with E-state index in [1.807, 2.05) is 18.2 Å². The molecular weight excluding hydrogens is 242 g/mol. The van der Waals surface area contributed by atoms with Crippen LogP contribution in [0.4, 0.5) is 0 Å². The molecule has 1 aromatic rings. The molecule has 1 N–H and O–H groups in total. The number of nitrogens with zero attached hydrogens (tertiary/aromatic N) is 1. The van der Waals surface area contributed by atoms with E-state index in [4.69, 9.17) is 0 Å².